The van der Waals surface area contributed by atoms with Crippen LogP contribution in [0.15, 0.2) is 122 Å². The normalized spacial score (nSPS) is 14.4. The first-order valence-corrected chi connectivity index (χ1v) is 45.8. The van der Waals surface area contributed by atoms with Crippen LogP contribution in [0.25, 0.3) is 0 Å². The van der Waals surface area contributed by atoms with E-state index in [0.717, 1.165) is 180 Å². The molecule has 0 radical (unpaired) electrons. The Hall–Kier alpha value is -4.54. The predicted octanol–water partition coefficient (Wildman–Crippen LogP) is 25.5. The van der Waals surface area contributed by atoms with Gasteiger partial charge in [0.1, 0.15) is 19.3 Å². The van der Waals surface area contributed by atoms with Crippen molar-refractivity contribution in [2.45, 2.75) is 380 Å². The summed E-state index contributed by atoms with van der Waals surface area (Å²) in [5.74, 6) is -2.22. The van der Waals surface area contributed by atoms with Crippen LogP contribution in [0.1, 0.15) is 362 Å². The first-order valence-electron chi connectivity index (χ1n) is 42.8. The minimum absolute atomic E-state index is 0.0805. The van der Waals surface area contributed by atoms with Gasteiger partial charge in [-0.3, -0.25) is 37.3 Å². The first kappa shape index (κ1) is 103. The second kappa shape index (κ2) is 80.5. The van der Waals surface area contributed by atoms with Crippen LogP contribution in [0.2, 0.25) is 0 Å². The molecular weight excluding hydrogens is 1400 g/mol. The molecule has 0 aromatic heterocycles. The van der Waals surface area contributed by atoms with Crippen LogP contribution in [0.4, 0.5) is 0 Å². The quantitative estimate of drug-likeness (QED) is 0.0169. The van der Waals surface area contributed by atoms with Crippen LogP contribution < -0.4 is 0 Å². The standard InChI is InChI=1S/C89H154O17P2/c1-5-9-13-17-21-25-29-33-37-39-41-43-47-49-53-57-61-65-69-73-86(91)99-79-84(105-88(93)75-71-67-63-59-55-51-45-35-31-27-23-19-15-11-7-3)81-103-107(95,96)101-77-83(90)78-102-108(97,98)104-82-85(106-89(94)76-72-68-64-60-56-52-46-36-32-28-24-20-16-12-8-4)80-100-87(92)74-70-66-62-58-54-50-48-44-42-40-38-34-30-26-22-18-14-10-6-2/h9-10,13-14,21-22,25-26,33-35,37-38,41-45,50,54,83-85,90H,5-8,11-12,15-20,23-24,27-32,36,39-40,46-49,51-53,55-82H2,1-4H3,(H,95,96)(H,97,98)/b13-9-,14-10-,25-21-,26-22-,37-33-,38-34-,43-41-,44-42-,45-35-,54-50-. The van der Waals surface area contributed by atoms with Gasteiger partial charge in [0, 0.05) is 25.7 Å². The molecule has 0 saturated heterocycles. The maximum absolute atomic E-state index is 13.1. The fourth-order valence-corrected chi connectivity index (χ4v) is 13.0. The van der Waals surface area contributed by atoms with Gasteiger partial charge < -0.3 is 33.8 Å². The number of esters is 4. The summed E-state index contributed by atoms with van der Waals surface area (Å²) in [6, 6.07) is 0. The molecule has 0 heterocycles. The molecule has 3 N–H and O–H groups in total. The summed E-state index contributed by atoms with van der Waals surface area (Å²) < 4.78 is 68.8. The summed E-state index contributed by atoms with van der Waals surface area (Å²) in [6.45, 7) is 4.64. The molecule has 19 heteroatoms. The molecule has 0 amide bonds. The predicted molar refractivity (Wildman–Crippen MR) is 445 cm³/mol. The van der Waals surface area contributed by atoms with Gasteiger partial charge in [0.15, 0.2) is 12.2 Å². The van der Waals surface area contributed by atoms with E-state index >= 15 is 0 Å². The summed E-state index contributed by atoms with van der Waals surface area (Å²) in [7, 11) is -9.98. The van der Waals surface area contributed by atoms with Crippen LogP contribution >= 0.6 is 15.6 Å². The van der Waals surface area contributed by atoms with Crippen LogP contribution in [0.5, 0.6) is 0 Å². The summed E-state index contributed by atoms with van der Waals surface area (Å²) in [5.41, 5.74) is 0. The van der Waals surface area contributed by atoms with Crippen LogP contribution in [0.3, 0.4) is 0 Å². The Kier molecular flexibility index (Phi) is 77.1. The Morgan fingerprint density at radius 3 is 0.759 bits per heavy atom. The van der Waals surface area contributed by atoms with Gasteiger partial charge in [-0.05, 0) is 135 Å². The van der Waals surface area contributed by atoms with Crippen LogP contribution in [0, 0.1) is 0 Å². The average Bonchev–Trinajstić information content (AvgIpc) is 0.923. The zero-order valence-electron chi connectivity index (χ0n) is 68.2. The molecule has 17 nitrogen and oxygen atoms in total. The fraction of sp³-hybridized carbons (Fsp3) is 0.730. The van der Waals surface area contributed by atoms with E-state index in [0.29, 0.717) is 25.7 Å². The van der Waals surface area contributed by atoms with Gasteiger partial charge in [-0.1, -0.05) is 323 Å². The number of aliphatic hydroxyl groups is 1. The lowest BCUT2D eigenvalue weighted by molar-refractivity contribution is -0.161. The van der Waals surface area contributed by atoms with Gasteiger partial charge in [0.25, 0.3) is 0 Å². The maximum Gasteiger partial charge on any atom is 0.472 e. The smallest absolute Gasteiger partial charge is 0.462 e. The molecule has 0 aliphatic heterocycles. The summed E-state index contributed by atoms with van der Waals surface area (Å²) in [4.78, 5) is 73.2. The number of carbonyl (C=O) groups is 4. The fourth-order valence-electron chi connectivity index (χ4n) is 11.5. The topological polar surface area (TPSA) is 237 Å². The van der Waals surface area contributed by atoms with Gasteiger partial charge in [0.05, 0.1) is 26.4 Å². The molecule has 5 atom stereocenters. The Morgan fingerprint density at radius 2 is 0.481 bits per heavy atom. The lowest BCUT2D eigenvalue weighted by Gasteiger charge is -2.21. The molecule has 622 valence electrons. The van der Waals surface area contributed by atoms with Gasteiger partial charge in [-0.15, -0.1) is 0 Å². The Bertz CT molecular complexity index is 2520. The number of ether oxygens (including phenoxy) is 4. The van der Waals surface area contributed by atoms with Crippen molar-refractivity contribution in [3.63, 3.8) is 0 Å². The highest BCUT2D eigenvalue weighted by atomic mass is 31.2. The molecule has 0 saturated carbocycles. The molecule has 0 fully saturated rings. The van der Waals surface area contributed by atoms with Crippen molar-refractivity contribution in [3.8, 4) is 0 Å². The molecule has 0 aromatic carbocycles. The minimum Gasteiger partial charge on any atom is -0.462 e. The molecular formula is C89H154O17P2. The van der Waals surface area contributed by atoms with Crippen LogP contribution in [-0.4, -0.2) is 96.7 Å². The highest BCUT2D eigenvalue weighted by Crippen LogP contribution is 2.45. The molecule has 0 spiro atoms. The molecule has 0 bridgehead atoms. The number of unbranched alkanes of at least 4 members (excludes halogenated alkanes) is 34. The average molecular weight is 1560 g/mol. The highest BCUT2D eigenvalue weighted by Gasteiger charge is 2.30. The first-order chi connectivity index (χ1) is 52.7. The Labute approximate surface area is 657 Å². The van der Waals surface area contributed by atoms with Crippen molar-refractivity contribution in [3.05, 3.63) is 122 Å². The van der Waals surface area contributed by atoms with Crippen molar-refractivity contribution < 1.29 is 80.2 Å². The van der Waals surface area contributed by atoms with Gasteiger partial charge >= 0.3 is 39.5 Å². The molecule has 0 aromatic rings. The molecule has 0 rings (SSSR count). The van der Waals surface area contributed by atoms with Gasteiger partial charge in [0.2, 0.25) is 0 Å². The zero-order valence-corrected chi connectivity index (χ0v) is 70.0. The third-order valence-electron chi connectivity index (χ3n) is 17.9. The van der Waals surface area contributed by atoms with E-state index in [1.54, 1.807) is 0 Å². The van der Waals surface area contributed by atoms with E-state index in [4.69, 9.17) is 37.0 Å². The number of hydrogen-bond acceptors (Lipinski definition) is 15. The largest absolute Gasteiger partial charge is 0.472 e. The number of phosphoric acid groups is 2. The molecule has 108 heavy (non-hydrogen) atoms. The number of carbonyl (C=O) groups excluding carboxylic acids is 4. The minimum atomic E-state index is -4.99. The number of allylic oxidation sites excluding steroid dienone is 20. The zero-order chi connectivity index (χ0) is 78.9. The van der Waals surface area contributed by atoms with E-state index in [1.165, 1.54) is 103 Å². The molecule has 0 aliphatic carbocycles. The summed E-state index contributed by atoms with van der Waals surface area (Å²) >= 11 is 0. The number of hydrogen-bond donors (Lipinski definition) is 3. The van der Waals surface area contributed by atoms with Gasteiger partial charge in [-0.2, -0.15) is 0 Å². The van der Waals surface area contributed by atoms with Gasteiger partial charge in [-0.25, -0.2) is 9.13 Å². The maximum atomic E-state index is 13.1. The number of aliphatic hydroxyl groups excluding tert-OH is 1. The van der Waals surface area contributed by atoms with Crippen molar-refractivity contribution >= 4 is 39.5 Å². The van der Waals surface area contributed by atoms with E-state index < -0.39 is 97.5 Å². The van der Waals surface area contributed by atoms with Crippen molar-refractivity contribution in [2.24, 2.45) is 0 Å². The van der Waals surface area contributed by atoms with E-state index in [9.17, 15) is 43.2 Å². The van der Waals surface area contributed by atoms with E-state index in [2.05, 4.69) is 149 Å². The summed E-state index contributed by atoms with van der Waals surface area (Å²) in [5, 5.41) is 10.7. The lowest BCUT2D eigenvalue weighted by atomic mass is 10.0. The second-order valence-corrected chi connectivity index (χ2v) is 31.3. The van der Waals surface area contributed by atoms with Crippen molar-refractivity contribution in [1.82, 2.24) is 0 Å². The Morgan fingerprint density at radius 1 is 0.269 bits per heavy atom. The SMILES string of the molecule is CC/C=C\C/C=C\C/C=C\C/C=C\C/C=C\CCCCCC(=O)OCC(COP(=O)(O)OCC(O)COP(=O)(O)OCC(COC(=O)CCCCCCCC/C=C\C/C=C\C/C=C\C/C=C\CC)OC(=O)CCCCCCC/C=C\CCCCCCCC)OC(=O)CCCCCCCCCCCCCCCCC. The molecule has 0 aliphatic rings. The van der Waals surface area contributed by atoms with E-state index in [1.807, 2.05) is 0 Å². The summed E-state index contributed by atoms with van der Waals surface area (Å²) in [6.07, 6.45) is 90.1. The highest BCUT2D eigenvalue weighted by molar-refractivity contribution is 7.47. The Balaban J connectivity index is 5.40. The lowest BCUT2D eigenvalue weighted by Crippen LogP contribution is -2.30. The second-order valence-electron chi connectivity index (χ2n) is 28.4. The van der Waals surface area contributed by atoms with Crippen molar-refractivity contribution in [1.29, 1.82) is 0 Å². The number of rotatable bonds is 80. The molecule has 5 unspecified atom stereocenters. The monoisotopic (exact) mass is 1560 g/mol. The van der Waals surface area contributed by atoms with Crippen molar-refractivity contribution in [2.75, 3.05) is 39.6 Å². The van der Waals surface area contributed by atoms with Crippen LogP contribution in [-0.2, 0) is 65.4 Å². The van der Waals surface area contributed by atoms with E-state index in [-0.39, 0.29) is 25.7 Å². The number of phosphoric ester groups is 2. The third kappa shape index (κ3) is 79.5. The third-order valence-corrected chi connectivity index (χ3v) is 19.8.